The van der Waals surface area contributed by atoms with Gasteiger partial charge in [-0.3, -0.25) is 9.69 Å². The lowest BCUT2D eigenvalue weighted by Gasteiger charge is -2.50. The minimum absolute atomic E-state index is 0.130. The minimum Gasteiger partial charge on any atom is -0.314 e. The summed E-state index contributed by atoms with van der Waals surface area (Å²) in [5.74, 6) is 0.370. The average molecular weight is 269 g/mol. The van der Waals surface area contributed by atoms with Crippen molar-refractivity contribution in [2.24, 2.45) is 0 Å². The summed E-state index contributed by atoms with van der Waals surface area (Å²) in [4.78, 5) is 17.5. The van der Waals surface area contributed by atoms with Crippen LogP contribution in [0.3, 0.4) is 0 Å². The van der Waals surface area contributed by atoms with Gasteiger partial charge in [0.25, 0.3) is 0 Å². The lowest BCUT2D eigenvalue weighted by Crippen LogP contribution is -2.69. The fourth-order valence-electron chi connectivity index (χ4n) is 4.00. The Morgan fingerprint density at radius 1 is 1.10 bits per heavy atom. The zero-order valence-electron chi connectivity index (χ0n) is 11.5. The van der Waals surface area contributed by atoms with Gasteiger partial charge in [0.1, 0.15) is 0 Å². The van der Waals surface area contributed by atoms with Crippen LogP contribution in [-0.2, 0) is 10.2 Å². The largest absolute Gasteiger partial charge is 0.314 e. The summed E-state index contributed by atoms with van der Waals surface area (Å²) >= 11 is 0. The van der Waals surface area contributed by atoms with Gasteiger partial charge in [-0.1, -0.05) is 18.2 Å². The predicted molar refractivity (Wildman–Crippen MR) is 76.9 cm³/mol. The van der Waals surface area contributed by atoms with Crippen molar-refractivity contribution < 1.29 is 4.79 Å². The Morgan fingerprint density at radius 2 is 1.85 bits per heavy atom. The number of hydrogen-bond donors (Lipinski definition) is 1. The number of likely N-dealkylation sites (tertiary alicyclic amines) is 1. The molecule has 1 saturated carbocycles. The predicted octanol–water partition coefficient (Wildman–Crippen LogP) is 0.721. The first kappa shape index (κ1) is 11.3. The lowest BCUT2D eigenvalue weighted by atomic mass is 9.98. The molecule has 4 heteroatoms. The zero-order chi connectivity index (χ0) is 13.3. The first-order valence-electron chi connectivity index (χ1n) is 7.67. The molecule has 0 radical (unpaired) electrons. The fraction of sp³-hybridized carbons (Fsp3) is 0.562. The number of anilines is 1. The van der Waals surface area contributed by atoms with E-state index in [-0.39, 0.29) is 5.41 Å². The molecule has 0 aromatic heterocycles. The molecule has 1 aromatic carbocycles. The Labute approximate surface area is 118 Å². The molecule has 104 valence electrons. The molecular formula is C16H19N3O. The van der Waals surface area contributed by atoms with Crippen LogP contribution in [0.25, 0.3) is 0 Å². The van der Waals surface area contributed by atoms with Crippen LogP contribution in [-0.4, -0.2) is 49.1 Å². The third kappa shape index (κ3) is 1.26. The number of amides is 1. The zero-order valence-corrected chi connectivity index (χ0v) is 11.5. The molecule has 1 aliphatic carbocycles. The maximum Gasteiger partial charge on any atom is 0.238 e. The molecule has 3 aliphatic heterocycles. The first-order chi connectivity index (χ1) is 9.79. The standard InChI is InChI=1S/C16H19N3O/c20-15-16(5-6-16)13-3-1-2-4-14(13)19(15)12-9-18(10-12)11-7-17-8-11/h1-4,11-12,17H,5-10H2. The third-order valence-corrected chi connectivity index (χ3v) is 5.59. The van der Waals surface area contributed by atoms with Gasteiger partial charge >= 0.3 is 0 Å². The van der Waals surface area contributed by atoms with Crippen molar-refractivity contribution in [3.8, 4) is 0 Å². The molecule has 20 heavy (non-hydrogen) atoms. The van der Waals surface area contributed by atoms with E-state index in [0.29, 0.717) is 18.0 Å². The van der Waals surface area contributed by atoms with Crippen molar-refractivity contribution in [1.29, 1.82) is 0 Å². The average Bonchev–Trinajstić information content (AvgIpc) is 3.11. The molecule has 1 aromatic rings. The summed E-state index contributed by atoms with van der Waals surface area (Å²) in [6.45, 7) is 4.31. The van der Waals surface area contributed by atoms with Gasteiger partial charge in [0.15, 0.2) is 0 Å². The number of nitrogens with zero attached hydrogens (tertiary/aromatic N) is 2. The molecule has 3 fully saturated rings. The molecule has 4 nitrogen and oxygen atoms in total. The fourth-order valence-corrected chi connectivity index (χ4v) is 4.00. The van der Waals surface area contributed by atoms with Crippen molar-refractivity contribution in [1.82, 2.24) is 10.2 Å². The Morgan fingerprint density at radius 3 is 2.50 bits per heavy atom. The second-order valence-electron chi connectivity index (χ2n) is 6.69. The molecule has 0 unspecified atom stereocenters. The molecule has 1 spiro atoms. The second kappa shape index (κ2) is 3.62. The van der Waals surface area contributed by atoms with Gasteiger partial charge in [0.2, 0.25) is 5.91 Å². The Balaban J connectivity index is 1.43. The van der Waals surface area contributed by atoms with E-state index in [0.717, 1.165) is 39.0 Å². The summed E-state index contributed by atoms with van der Waals surface area (Å²) in [6.07, 6.45) is 2.09. The number of benzene rings is 1. The maximum absolute atomic E-state index is 12.8. The summed E-state index contributed by atoms with van der Waals surface area (Å²) in [5, 5.41) is 3.32. The smallest absolute Gasteiger partial charge is 0.238 e. The van der Waals surface area contributed by atoms with Gasteiger partial charge in [0.05, 0.1) is 11.5 Å². The minimum atomic E-state index is -0.130. The normalized spacial score (nSPS) is 28.4. The molecule has 5 rings (SSSR count). The van der Waals surface area contributed by atoms with Crippen LogP contribution in [0.2, 0.25) is 0 Å². The van der Waals surface area contributed by atoms with E-state index in [1.54, 1.807) is 0 Å². The molecule has 4 aliphatic rings. The van der Waals surface area contributed by atoms with Crippen LogP contribution in [0, 0.1) is 0 Å². The van der Waals surface area contributed by atoms with Crippen LogP contribution in [0.5, 0.6) is 0 Å². The lowest BCUT2D eigenvalue weighted by molar-refractivity contribution is -0.121. The highest BCUT2D eigenvalue weighted by Gasteiger charge is 2.61. The summed E-state index contributed by atoms with van der Waals surface area (Å²) < 4.78 is 0. The quantitative estimate of drug-likeness (QED) is 0.859. The van der Waals surface area contributed by atoms with Crippen LogP contribution in [0.4, 0.5) is 5.69 Å². The molecule has 3 heterocycles. The number of carbonyl (C=O) groups excluding carboxylic acids is 1. The maximum atomic E-state index is 12.8. The SMILES string of the molecule is O=C1N(C2CN(C3CNC3)C2)c2ccccc2C12CC2. The van der Waals surface area contributed by atoms with Crippen LogP contribution in [0.15, 0.2) is 24.3 Å². The van der Waals surface area contributed by atoms with Gasteiger partial charge in [-0.2, -0.15) is 0 Å². The number of nitrogens with one attached hydrogen (secondary N) is 1. The molecule has 2 saturated heterocycles. The van der Waals surface area contributed by atoms with E-state index in [4.69, 9.17) is 0 Å². The van der Waals surface area contributed by atoms with Gasteiger partial charge in [-0.25, -0.2) is 0 Å². The van der Waals surface area contributed by atoms with Crippen LogP contribution >= 0.6 is 0 Å². The van der Waals surface area contributed by atoms with E-state index in [1.807, 2.05) is 0 Å². The second-order valence-corrected chi connectivity index (χ2v) is 6.69. The van der Waals surface area contributed by atoms with E-state index < -0.39 is 0 Å². The van der Waals surface area contributed by atoms with E-state index in [9.17, 15) is 4.79 Å². The number of rotatable bonds is 2. The van der Waals surface area contributed by atoms with Gasteiger partial charge in [-0.05, 0) is 24.5 Å². The molecule has 0 bridgehead atoms. The first-order valence-corrected chi connectivity index (χ1v) is 7.67. The van der Waals surface area contributed by atoms with E-state index >= 15 is 0 Å². The highest BCUT2D eigenvalue weighted by molar-refractivity contribution is 6.10. The van der Waals surface area contributed by atoms with Gasteiger partial charge in [-0.15, -0.1) is 0 Å². The Bertz CT molecular complexity index is 585. The number of para-hydroxylation sites is 1. The van der Waals surface area contributed by atoms with Crippen LogP contribution in [0.1, 0.15) is 18.4 Å². The molecular weight excluding hydrogens is 250 g/mol. The van der Waals surface area contributed by atoms with Crippen molar-refractivity contribution in [2.75, 3.05) is 31.1 Å². The molecule has 0 atom stereocenters. The van der Waals surface area contributed by atoms with Gasteiger partial charge in [0, 0.05) is 37.9 Å². The van der Waals surface area contributed by atoms with Crippen molar-refractivity contribution in [2.45, 2.75) is 30.3 Å². The van der Waals surface area contributed by atoms with Crippen molar-refractivity contribution in [3.63, 3.8) is 0 Å². The Hall–Kier alpha value is -1.39. The highest BCUT2D eigenvalue weighted by atomic mass is 16.2. The third-order valence-electron chi connectivity index (χ3n) is 5.59. The number of carbonyl (C=O) groups is 1. The topological polar surface area (TPSA) is 35.6 Å². The number of fused-ring (bicyclic) bond motifs is 2. The van der Waals surface area contributed by atoms with E-state index in [1.165, 1.54) is 11.3 Å². The summed E-state index contributed by atoms with van der Waals surface area (Å²) in [6, 6.07) is 9.52. The van der Waals surface area contributed by atoms with Crippen molar-refractivity contribution >= 4 is 11.6 Å². The Kier molecular flexibility index (Phi) is 2.05. The molecule has 1 N–H and O–H groups in total. The monoisotopic (exact) mass is 269 g/mol. The van der Waals surface area contributed by atoms with Crippen molar-refractivity contribution in [3.05, 3.63) is 29.8 Å². The summed E-state index contributed by atoms with van der Waals surface area (Å²) in [7, 11) is 0. The van der Waals surface area contributed by atoms with Crippen LogP contribution < -0.4 is 10.2 Å². The summed E-state index contributed by atoms with van der Waals surface area (Å²) in [5.41, 5.74) is 2.34. The number of hydrogen-bond acceptors (Lipinski definition) is 3. The van der Waals surface area contributed by atoms with Gasteiger partial charge < -0.3 is 10.2 Å². The molecule has 1 amide bonds. The van der Waals surface area contributed by atoms with E-state index in [2.05, 4.69) is 39.4 Å². The highest BCUT2D eigenvalue weighted by Crippen LogP contribution is 2.58.